The van der Waals surface area contributed by atoms with Crippen LogP contribution in [-0.4, -0.2) is 9.91 Å². The van der Waals surface area contributed by atoms with Crippen molar-refractivity contribution in [3.05, 3.63) is 34.0 Å². The molecule has 0 aliphatic heterocycles. The van der Waals surface area contributed by atoms with Crippen molar-refractivity contribution in [3.63, 3.8) is 0 Å². The van der Waals surface area contributed by atoms with E-state index < -0.39 is 0 Å². The van der Waals surface area contributed by atoms with E-state index in [4.69, 9.17) is 0 Å². The fraction of sp³-hybridized carbons (Fsp3) is 0.615. The van der Waals surface area contributed by atoms with E-state index in [1.165, 1.54) is 25.5 Å². The molecule has 2 aliphatic rings. The van der Waals surface area contributed by atoms with Crippen molar-refractivity contribution < 1.29 is 4.92 Å². The summed E-state index contributed by atoms with van der Waals surface area (Å²) in [6, 6.07) is 3.70. The lowest BCUT2D eigenvalue weighted by Crippen LogP contribution is -2.32. The van der Waals surface area contributed by atoms with Gasteiger partial charge < -0.3 is 10.1 Å². The third-order valence-corrected chi connectivity index (χ3v) is 4.48. The number of pyridine rings is 1. The quantitative estimate of drug-likeness (QED) is 0.580. The summed E-state index contributed by atoms with van der Waals surface area (Å²) < 4.78 is 0. The zero-order valence-corrected chi connectivity index (χ0v) is 9.71. The van der Waals surface area contributed by atoms with E-state index >= 15 is 0 Å². The first-order chi connectivity index (χ1) is 8.25. The second kappa shape index (κ2) is 4.09. The van der Waals surface area contributed by atoms with Crippen molar-refractivity contribution in [2.24, 2.45) is 11.8 Å². The molecule has 0 saturated heterocycles. The first-order valence-electron chi connectivity index (χ1n) is 6.35. The van der Waals surface area contributed by atoms with E-state index in [0.29, 0.717) is 5.92 Å². The molecule has 4 heteroatoms. The minimum atomic E-state index is -0.345. The van der Waals surface area contributed by atoms with E-state index in [1.54, 1.807) is 0 Å². The van der Waals surface area contributed by atoms with Gasteiger partial charge in [-0.25, -0.2) is 0 Å². The van der Waals surface area contributed by atoms with E-state index in [2.05, 4.69) is 4.98 Å². The third-order valence-electron chi connectivity index (χ3n) is 4.48. The summed E-state index contributed by atoms with van der Waals surface area (Å²) in [5.74, 6) is 2.14. The minimum Gasteiger partial charge on any atom is -0.358 e. The molecule has 2 saturated carbocycles. The van der Waals surface area contributed by atoms with Crippen LogP contribution in [-0.2, 0) is 0 Å². The first kappa shape index (κ1) is 10.7. The summed E-state index contributed by atoms with van der Waals surface area (Å²) in [6.45, 7) is 0. The smallest absolute Gasteiger partial charge is 0.358 e. The Morgan fingerprint density at radius 2 is 2.00 bits per heavy atom. The van der Waals surface area contributed by atoms with Crippen molar-refractivity contribution in [3.8, 4) is 0 Å². The zero-order valence-electron chi connectivity index (χ0n) is 9.71. The van der Waals surface area contributed by atoms with Gasteiger partial charge in [-0.3, -0.25) is 0 Å². The number of hydrogen-bond donors (Lipinski definition) is 0. The average Bonchev–Trinajstić information content (AvgIpc) is 2.31. The Hall–Kier alpha value is -1.45. The van der Waals surface area contributed by atoms with Crippen molar-refractivity contribution in [1.82, 2.24) is 4.98 Å². The highest BCUT2D eigenvalue weighted by molar-refractivity contribution is 5.35. The van der Waals surface area contributed by atoms with Gasteiger partial charge in [-0.05, 0) is 71.9 Å². The Morgan fingerprint density at radius 1 is 1.24 bits per heavy atom. The third kappa shape index (κ3) is 1.81. The maximum absolute atomic E-state index is 11.0. The number of fused-ring (bicyclic) bond motifs is 1. The van der Waals surface area contributed by atoms with Gasteiger partial charge in [-0.15, -0.1) is 0 Å². The molecule has 17 heavy (non-hydrogen) atoms. The molecule has 3 unspecified atom stereocenters. The highest BCUT2D eigenvalue weighted by Gasteiger charge is 2.38. The monoisotopic (exact) mass is 232 g/mol. The summed E-state index contributed by atoms with van der Waals surface area (Å²) in [5, 5.41) is 11.0. The maximum atomic E-state index is 11.0. The molecule has 1 aromatic heterocycles. The van der Waals surface area contributed by atoms with Gasteiger partial charge in [0.15, 0.2) is 0 Å². The Labute approximate surface area is 100 Å². The number of nitrogens with zero attached hydrogens (tertiary/aromatic N) is 2. The second-order valence-corrected chi connectivity index (χ2v) is 5.28. The Bertz CT molecular complexity index is 447. The molecular formula is C13H16N2O2. The number of nitro groups is 1. The van der Waals surface area contributed by atoms with Crippen molar-refractivity contribution >= 4 is 5.82 Å². The Morgan fingerprint density at radius 3 is 2.65 bits per heavy atom. The lowest BCUT2D eigenvalue weighted by atomic mass is 9.62. The summed E-state index contributed by atoms with van der Waals surface area (Å²) >= 11 is 0. The van der Waals surface area contributed by atoms with Gasteiger partial charge in [-0.2, -0.15) is 0 Å². The molecule has 2 fully saturated rings. The standard InChI is InChI=1S/C13H16N2O2/c16-15(17)13-12(2-1-7-14-13)11-6-4-9-3-5-10(9)8-11/h1-2,7,9-11H,3-6,8H2. The number of aromatic nitrogens is 1. The molecule has 0 radical (unpaired) electrons. The van der Waals surface area contributed by atoms with Crippen molar-refractivity contribution in [2.45, 2.75) is 38.0 Å². The molecule has 3 atom stereocenters. The lowest BCUT2D eigenvalue weighted by Gasteiger charge is -2.43. The van der Waals surface area contributed by atoms with E-state index in [0.717, 1.165) is 30.2 Å². The van der Waals surface area contributed by atoms with Crippen LogP contribution in [0, 0.1) is 22.0 Å². The van der Waals surface area contributed by atoms with Gasteiger partial charge in [0.1, 0.15) is 6.20 Å². The van der Waals surface area contributed by atoms with Gasteiger partial charge in [0, 0.05) is 0 Å². The summed E-state index contributed by atoms with van der Waals surface area (Å²) in [6.07, 6.45) is 7.64. The summed E-state index contributed by atoms with van der Waals surface area (Å²) in [7, 11) is 0. The van der Waals surface area contributed by atoms with Crippen LogP contribution in [0.25, 0.3) is 0 Å². The van der Waals surface area contributed by atoms with Crippen molar-refractivity contribution in [1.29, 1.82) is 0 Å². The minimum absolute atomic E-state index is 0.0651. The fourth-order valence-corrected chi connectivity index (χ4v) is 3.39. The maximum Gasteiger partial charge on any atom is 0.366 e. The predicted octanol–water partition coefficient (Wildman–Crippen LogP) is 3.28. The SMILES string of the molecule is O=[N+]([O-])c1ncccc1C1CCC2CCC2C1. The van der Waals surface area contributed by atoms with Gasteiger partial charge in [0.2, 0.25) is 0 Å². The lowest BCUT2D eigenvalue weighted by molar-refractivity contribution is -0.390. The van der Waals surface area contributed by atoms with Gasteiger partial charge in [0.05, 0.1) is 5.56 Å². The normalized spacial score (nSPS) is 31.4. The zero-order chi connectivity index (χ0) is 11.8. The summed E-state index contributed by atoms with van der Waals surface area (Å²) in [4.78, 5) is 14.5. The highest BCUT2D eigenvalue weighted by Crippen LogP contribution is 2.50. The number of rotatable bonds is 2. The van der Waals surface area contributed by atoms with Crippen LogP contribution in [0.3, 0.4) is 0 Å². The molecule has 90 valence electrons. The largest absolute Gasteiger partial charge is 0.366 e. The van der Waals surface area contributed by atoms with Gasteiger partial charge in [0.25, 0.3) is 0 Å². The molecule has 3 rings (SSSR count). The molecule has 0 N–H and O–H groups in total. The fourth-order valence-electron chi connectivity index (χ4n) is 3.39. The Kier molecular flexibility index (Phi) is 2.57. The van der Waals surface area contributed by atoms with Crippen LogP contribution in [0.5, 0.6) is 0 Å². The molecule has 4 nitrogen and oxygen atoms in total. The average molecular weight is 232 g/mol. The van der Waals surface area contributed by atoms with Crippen LogP contribution in [0.2, 0.25) is 0 Å². The molecule has 1 aromatic rings. The summed E-state index contributed by atoms with van der Waals surface area (Å²) in [5.41, 5.74) is 0.850. The van der Waals surface area contributed by atoms with Crippen LogP contribution in [0.1, 0.15) is 43.6 Å². The van der Waals surface area contributed by atoms with Crippen LogP contribution < -0.4 is 0 Å². The topological polar surface area (TPSA) is 56.0 Å². The van der Waals surface area contributed by atoms with Gasteiger partial charge >= 0.3 is 5.82 Å². The number of hydrogen-bond acceptors (Lipinski definition) is 3. The first-order valence-corrected chi connectivity index (χ1v) is 6.35. The Balaban J connectivity index is 1.86. The molecular weight excluding hydrogens is 216 g/mol. The molecule has 1 heterocycles. The highest BCUT2D eigenvalue weighted by atomic mass is 16.6. The van der Waals surface area contributed by atoms with Crippen molar-refractivity contribution in [2.75, 3.05) is 0 Å². The predicted molar refractivity (Wildman–Crippen MR) is 63.7 cm³/mol. The molecule has 0 amide bonds. The van der Waals surface area contributed by atoms with E-state index in [9.17, 15) is 10.1 Å². The molecule has 0 spiro atoms. The second-order valence-electron chi connectivity index (χ2n) is 5.28. The van der Waals surface area contributed by atoms with E-state index in [1.807, 2.05) is 12.1 Å². The van der Waals surface area contributed by atoms with Crippen LogP contribution in [0.15, 0.2) is 18.3 Å². The van der Waals surface area contributed by atoms with Crippen LogP contribution >= 0.6 is 0 Å². The molecule has 0 aromatic carbocycles. The van der Waals surface area contributed by atoms with E-state index in [-0.39, 0.29) is 10.7 Å². The molecule has 2 aliphatic carbocycles. The van der Waals surface area contributed by atoms with Crippen LogP contribution in [0.4, 0.5) is 5.82 Å². The van der Waals surface area contributed by atoms with Gasteiger partial charge in [-0.1, -0.05) is 0 Å². The molecule has 0 bridgehead atoms.